The number of methoxy groups -OCH3 is 1. The van der Waals surface area contributed by atoms with Gasteiger partial charge in [0.15, 0.2) is 0 Å². The number of ether oxygens (including phenoxy) is 2. The van der Waals surface area contributed by atoms with Crippen molar-refractivity contribution in [3.63, 3.8) is 0 Å². The number of nitriles is 1. The molecule has 4 nitrogen and oxygen atoms in total. The SMILES string of the molecule is CNCCOc1cc(C#N)cc(OC)c1. The van der Waals surface area contributed by atoms with Gasteiger partial charge in [0.05, 0.1) is 18.7 Å². The van der Waals surface area contributed by atoms with E-state index in [1.807, 2.05) is 7.05 Å². The van der Waals surface area contributed by atoms with Crippen LogP contribution in [-0.4, -0.2) is 27.3 Å². The van der Waals surface area contributed by atoms with Crippen LogP contribution < -0.4 is 14.8 Å². The van der Waals surface area contributed by atoms with Crippen LogP contribution in [0.5, 0.6) is 11.5 Å². The summed E-state index contributed by atoms with van der Waals surface area (Å²) in [6, 6.07) is 7.18. The smallest absolute Gasteiger partial charge is 0.124 e. The number of likely N-dealkylation sites (N-methyl/N-ethyl adjacent to an activating group) is 1. The second-order valence-corrected chi connectivity index (χ2v) is 2.96. The lowest BCUT2D eigenvalue weighted by Crippen LogP contribution is -2.15. The third-order valence-electron chi connectivity index (χ3n) is 1.87. The zero-order chi connectivity index (χ0) is 11.1. The molecule has 15 heavy (non-hydrogen) atoms. The topological polar surface area (TPSA) is 54.3 Å². The van der Waals surface area contributed by atoms with Gasteiger partial charge in [-0.2, -0.15) is 5.26 Å². The molecule has 0 aliphatic carbocycles. The van der Waals surface area contributed by atoms with E-state index in [4.69, 9.17) is 14.7 Å². The van der Waals surface area contributed by atoms with Crippen LogP contribution in [0.1, 0.15) is 5.56 Å². The van der Waals surface area contributed by atoms with Crippen LogP contribution in [0.2, 0.25) is 0 Å². The minimum absolute atomic E-state index is 0.536. The van der Waals surface area contributed by atoms with E-state index in [1.165, 1.54) is 0 Å². The van der Waals surface area contributed by atoms with Crippen LogP contribution in [0.15, 0.2) is 18.2 Å². The fourth-order valence-electron chi connectivity index (χ4n) is 1.11. The van der Waals surface area contributed by atoms with Gasteiger partial charge in [0.2, 0.25) is 0 Å². The van der Waals surface area contributed by atoms with E-state index >= 15 is 0 Å². The standard InChI is InChI=1S/C11H14N2O2/c1-13-3-4-15-11-6-9(8-12)5-10(7-11)14-2/h5-7,13H,3-4H2,1-2H3. The number of nitrogens with zero attached hydrogens (tertiary/aromatic N) is 1. The number of hydrogen-bond donors (Lipinski definition) is 1. The zero-order valence-corrected chi connectivity index (χ0v) is 8.91. The number of hydrogen-bond acceptors (Lipinski definition) is 4. The van der Waals surface area contributed by atoms with Crippen LogP contribution in [0, 0.1) is 11.3 Å². The maximum Gasteiger partial charge on any atom is 0.124 e. The Morgan fingerprint density at radius 1 is 1.33 bits per heavy atom. The molecule has 0 atom stereocenters. The quantitative estimate of drug-likeness (QED) is 0.735. The molecule has 0 saturated carbocycles. The molecule has 0 unspecified atom stereocenters. The first-order valence-corrected chi connectivity index (χ1v) is 4.66. The van der Waals surface area contributed by atoms with Gasteiger partial charge in [-0.3, -0.25) is 0 Å². The Balaban J connectivity index is 2.74. The molecule has 80 valence electrons. The molecule has 1 aromatic rings. The molecule has 0 aromatic heterocycles. The van der Waals surface area contributed by atoms with Crippen LogP contribution >= 0.6 is 0 Å². The summed E-state index contributed by atoms with van der Waals surface area (Å²) in [5.41, 5.74) is 0.536. The Bertz CT molecular complexity index is 358. The maximum atomic E-state index is 8.78. The average molecular weight is 206 g/mol. The Kier molecular flexibility index (Phi) is 4.45. The Morgan fingerprint density at radius 2 is 2.07 bits per heavy atom. The predicted molar refractivity (Wildman–Crippen MR) is 57.1 cm³/mol. The molecule has 0 saturated heterocycles. The third-order valence-corrected chi connectivity index (χ3v) is 1.87. The fourth-order valence-corrected chi connectivity index (χ4v) is 1.11. The molecular weight excluding hydrogens is 192 g/mol. The highest BCUT2D eigenvalue weighted by atomic mass is 16.5. The summed E-state index contributed by atoms with van der Waals surface area (Å²) >= 11 is 0. The first kappa shape index (κ1) is 11.3. The summed E-state index contributed by atoms with van der Waals surface area (Å²) in [4.78, 5) is 0. The lowest BCUT2D eigenvalue weighted by Gasteiger charge is -2.07. The van der Waals surface area contributed by atoms with Crippen molar-refractivity contribution in [3.05, 3.63) is 23.8 Å². The second-order valence-electron chi connectivity index (χ2n) is 2.96. The molecule has 0 heterocycles. The predicted octanol–water partition coefficient (Wildman–Crippen LogP) is 1.17. The van der Waals surface area contributed by atoms with Crippen molar-refractivity contribution >= 4 is 0 Å². The number of rotatable bonds is 5. The fraction of sp³-hybridized carbons (Fsp3) is 0.364. The monoisotopic (exact) mass is 206 g/mol. The van der Waals surface area contributed by atoms with E-state index < -0.39 is 0 Å². The first-order chi connectivity index (χ1) is 7.30. The van der Waals surface area contributed by atoms with E-state index in [1.54, 1.807) is 25.3 Å². The summed E-state index contributed by atoms with van der Waals surface area (Å²) in [7, 11) is 3.42. The van der Waals surface area contributed by atoms with Crippen molar-refractivity contribution in [1.82, 2.24) is 5.32 Å². The van der Waals surface area contributed by atoms with Gasteiger partial charge in [-0.15, -0.1) is 0 Å². The molecule has 4 heteroatoms. The molecule has 1 aromatic carbocycles. The van der Waals surface area contributed by atoms with Crippen LogP contribution in [0.4, 0.5) is 0 Å². The van der Waals surface area contributed by atoms with E-state index in [0.717, 1.165) is 6.54 Å². The van der Waals surface area contributed by atoms with Crippen LogP contribution in [0.25, 0.3) is 0 Å². The van der Waals surface area contributed by atoms with E-state index in [2.05, 4.69) is 11.4 Å². The highest BCUT2D eigenvalue weighted by molar-refractivity contribution is 5.43. The van der Waals surface area contributed by atoms with Crippen molar-refractivity contribution in [3.8, 4) is 17.6 Å². The van der Waals surface area contributed by atoms with Gasteiger partial charge in [0, 0.05) is 12.6 Å². The van der Waals surface area contributed by atoms with Crippen molar-refractivity contribution in [2.45, 2.75) is 0 Å². The Hall–Kier alpha value is -1.73. The second kappa shape index (κ2) is 5.89. The van der Waals surface area contributed by atoms with Crippen molar-refractivity contribution in [2.24, 2.45) is 0 Å². The zero-order valence-electron chi connectivity index (χ0n) is 8.91. The Labute approximate surface area is 89.4 Å². The van der Waals surface area contributed by atoms with Gasteiger partial charge in [0.25, 0.3) is 0 Å². The van der Waals surface area contributed by atoms with E-state index in [0.29, 0.717) is 23.7 Å². The normalized spacial score (nSPS) is 9.40. The molecule has 0 bridgehead atoms. The minimum Gasteiger partial charge on any atom is -0.497 e. The largest absolute Gasteiger partial charge is 0.497 e. The van der Waals surface area contributed by atoms with Gasteiger partial charge in [0.1, 0.15) is 18.1 Å². The average Bonchev–Trinajstić information content (AvgIpc) is 2.29. The molecular formula is C11H14N2O2. The van der Waals surface area contributed by atoms with Gasteiger partial charge >= 0.3 is 0 Å². The van der Waals surface area contributed by atoms with E-state index in [-0.39, 0.29) is 0 Å². The molecule has 0 aliphatic heterocycles. The van der Waals surface area contributed by atoms with Crippen molar-refractivity contribution in [1.29, 1.82) is 5.26 Å². The molecule has 1 rings (SSSR count). The van der Waals surface area contributed by atoms with Gasteiger partial charge in [-0.05, 0) is 19.2 Å². The van der Waals surface area contributed by atoms with Crippen LogP contribution in [0.3, 0.4) is 0 Å². The maximum absolute atomic E-state index is 8.78. The summed E-state index contributed by atoms with van der Waals surface area (Å²) in [5, 5.41) is 11.8. The summed E-state index contributed by atoms with van der Waals surface area (Å²) in [6.07, 6.45) is 0. The highest BCUT2D eigenvalue weighted by Crippen LogP contribution is 2.22. The lowest BCUT2D eigenvalue weighted by molar-refractivity contribution is 0.315. The molecule has 0 aliphatic rings. The molecule has 0 spiro atoms. The first-order valence-electron chi connectivity index (χ1n) is 4.66. The minimum atomic E-state index is 0.536. The van der Waals surface area contributed by atoms with Crippen molar-refractivity contribution < 1.29 is 9.47 Å². The summed E-state index contributed by atoms with van der Waals surface area (Å²) < 4.78 is 10.5. The lowest BCUT2D eigenvalue weighted by atomic mass is 10.2. The van der Waals surface area contributed by atoms with E-state index in [9.17, 15) is 0 Å². The van der Waals surface area contributed by atoms with Gasteiger partial charge in [-0.1, -0.05) is 0 Å². The summed E-state index contributed by atoms with van der Waals surface area (Å²) in [5.74, 6) is 1.29. The highest BCUT2D eigenvalue weighted by Gasteiger charge is 2.01. The third kappa shape index (κ3) is 3.49. The molecule has 0 fully saturated rings. The summed E-state index contributed by atoms with van der Waals surface area (Å²) in [6.45, 7) is 1.33. The van der Waals surface area contributed by atoms with Crippen LogP contribution in [-0.2, 0) is 0 Å². The van der Waals surface area contributed by atoms with Gasteiger partial charge < -0.3 is 14.8 Å². The number of nitrogens with one attached hydrogen (secondary N) is 1. The van der Waals surface area contributed by atoms with Crippen molar-refractivity contribution in [2.75, 3.05) is 27.3 Å². The molecule has 0 radical (unpaired) electrons. The molecule has 1 N–H and O–H groups in total. The molecule has 0 amide bonds. The van der Waals surface area contributed by atoms with Gasteiger partial charge in [-0.25, -0.2) is 0 Å². The Morgan fingerprint density at radius 3 is 2.67 bits per heavy atom. The number of benzene rings is 1.